The van der Waals surface area contributed by atoms with Crippen LogP contribution in [-0.2, 0) is 19.6 Å². The number of fused-ring (bicyclic) bond motifs is 1. The molecule has 7 nitrogen and oxygen atoms in total. The summed E-state index contributed by atoms with van der Waals surface area (Å²) in [6, 6.07) is 11.7. The maximum absolute atomic E-state index is 12.9. The van der Waals surface area contributed by atoms with Crippen molar-refractivity contribution in [3.8, 4) is 0 Å². The van der Waals surface area contributed by atoms with Gasteiger partial charge in [-0.1, -0.05) is 44.2 Å². The maximum atomic E-state index is 12.9. The molecule has 1 heterocycles. The summed E-state index contributed by atoms with van der Waals surface area (Å²) < 4.78 is 33.7. The highest BCUT2D eigenvalue weighted by Gasteiger charge is 2.28. The number of amides is 1. The molecule has 1 amide bonds. The van der Waals surface area contributed by atoms with Crippen molar-refractivity contribution in [1.82, 2.24) is 14.9 Å². The van der Waals surface area contributed by atoms with Gasteiger partial charge in [0.25, 0.3) is 0 Å². The molecule has 1 aliphatic rings. The summed E-state index contributed by atoms with van der Waals surface area (Å²) in [5.74, 6) is -0.494. The molecular weight excluding hydrogens is 390 g/mol. The Labute approximate surface area is 172 Å². The van der Waals surface area contributed by atoms with E-state index in [0.717, 1.165) is 30.4 Å². The first-order valence-electron chi connectivity index (χ1n) is 9.96. The number of carbonyl (C=O) groups is 1. The van der Waals surface area contributed by atoms with E-state index in [1.807, 2.05) is 38.1 Å². The van der Waals surface area contributed by atoms with Gasteiger partial charge in [0.2, 0.25) is 15.9 Å². The van der Waals surface area contributed by atoms with Gasteiger partial charge in [-0.2, -0.15) is 4.72 Å². The Hall–Kier alpha value is -2.00. The minimum Gasteiger partial charge on any atom is -0.379 e. The van der Waals surface area contributed by atoms with E-state index < -0.39 is 16.1 Å². The summed E-state index contributed by atoms with van der Waals surface area (Å²) in [6.07, 6.45) is 0. The molecule has 2 N–H and O–H groups in total. The van der Waals surface area contributed by atoms with E-state index in [9.17, 15) is 13.2 Å². The third kappa shape index (κ3) is 5.76. The lowest BCUT2D eigenvalue weighted by Gasteiger charge is -2.27. The van der Waals surface area contributed by atoms with E-state index in [1.54, 1.807) is 18.2 Å². The lowest BCUT2D eigenvalue weighted by Crippen LogP contribution is -2.51. The van der Waals surface area contributed by atoms with Crippen LogP contribution in [0.1, 0.15) is 13.8 Å². The van der Waals surface area contributed by atoms with Crippen molar-refractivity contribution in [2.45, 2.75) is 24.8 Å². The summed E-state index contributed by atoms with van der Waals surface area (Å²) in [7, 11) is -3.82. The van der Waals surface area contributed by atoms with Crippen LogP contribution in [0.4, 0.5) is 0 Å². The summed E-state index contributed by atoms with van der Waals surface area (Å²) in [6.45, 7) is 7.94. The first-order chi connectivity index (χ1) is 13.9. The van der Waals surface area contributed by atoms with Crippen molar-refractivity contribution >= 4 is 26.7 Å². The van der Waals surface area contributed by atoms with E-state index in [1.165, 1.54) is 0 Å². The predicted molar refractivity (Wildman–Crippen MR) is 113 cm³/mol. The zero-order valence-corrected chi connectivity index (χ0v) is 17.7. The molecule has 0 aromatic heterocycles. The number of sulfonamides is 1. The SMILES string of the molecule is CC(C)C(NS(=O)(=O)c1ccc2ccccc2c1)C(=O)NCCN1CCOCC1. The number of carbonyl (C=O) groups excluding carboxylic acids is 1. The fourth-order valence-electron chi connectivity index (χ4n) is 3.33. The third-order valence-corrected chi connectivity index (χ3v) is 6.53. The van der Waals surface area contributed by atoms with Crippen molar-refractivity contribution in [2.75, 3.05) is 39.4 Å². The first kappa shape index (κ1) is 21.7. The van der Waals surface area contributed by atoms with Gasteiger partial charge in [-0.15, -0.1) is 0 Å². The van der Waals surface area contributed by atoms with Gasteiger partial charge in [-0.25, -0.2) is 8.42 Å². The van der Waals surface area contributed by atoms with Crippen LogP contribution < -0.4 is 10.0 Å². The second-order valence-electron chi connectivity index (χ2n) is 7.60. The van der Waals surface area contributed by atoms with Crippen molar-refractivity contribution < 1.29 is 17.9 Å². The van der Waals surface area contributed by atoms with Crippen molar-refractivity contribution in [1.29, 1.82) is 0 Å². The van der Waals surface area contributed by atoms with Crippen LogP contribution in [0.2, 0.25) is 0 Å². The number of benzene rings is 2. The number of rotatable bonds is 8. The lowest BCUT2D eigenvalue weighted by molar-refractivity contribution is -0.123. The molecule has 1 aliphatic heterocycles. The molecular formula is C21H29N3O4S. The Bertz CT molecular complexity index is 940. The molecule has 0 aliphatic carbocycles. The van der Waals surface area contributed by atoms with Crippen LogP contribution in [0.5, 0.6) is 0 Å². The van der Waals surface area contributed by atoms with E-state index in [2.05, 4.69) is 14.9 Å². The van der Waals surface area contributed by atoms with Gasteiger partial charge in [-0.3, -0.25) is 9.69 Å². The van der Waals surface area contributed by atoms with Crippen LogP contribution >= 0.6 is 0 Å². The molecule has 0 radical (unpaired) electrons. The number of morpholine rings is 1. The Kier molecular flexibility index (Phi) is 7.23. The fourth-order valence-corrected chi connectivity index (χ4v) is 4.71. The van der Waals surface area contributed by atoms with Crippen molar-refractivity contribution in [2.24, 2.45) is 5.92 Å². The molecule has 158 valence electrons. The Morgan fingerprint density at radius 2 is 1.79 bits per heavy atom. The number of nitrogens with one attached hydrogen (secondary N) is 2. The molecule has 29 heavy (non-hydrogen) atoms. The van der Waals surface area contributed by atoms with E-state index in [-0.39, 0.29) is 16.7 Å². The fraction of sp³-hybridized carbons (Fsp3) is 0.476. The van der Waals surface area contributed by atoms with Crippen LogP contribution in [0, 0.1) is 5.92 Å². The lowest BCUT2D eigenvalue weighted by atomic mass is 10.1. The topological polar surface area (TPSA) is 87.7 Å². The van der Waals surface area contributed by atoms with Gasteiger partial charge in [0.15, 0.2) is 0 Å². The average Bonchev–Trinajstić information content (AvgIpc) is 2.72. The van der Waals surface area contributed by atoms with Gasteiger partial charge in [-0.05, 0) is 28.8 Å². The van der Waals surface area contributed by atoms with Crippen LogP contribution in [0.25, 0.3) is 10.8 Å². The predicted octanol–water partition coefficient (Wildman–Crippen LogP) is 1.59. The van der Waals surface area contributed by atoms with Crippen LogP contribution in [-0.4, -0.2) is 64.7 Å². The summed E-state index contributed by atoms with van der Waals surface area (Å²) in [5.41, 5.74) is 0. The van der Waals surface area contributed by atoms with E-state index >= 15 is 0 Å². The van der Waals surface area contributed by atoms with E-state index in [0.29, 0.717) is 19.8 Å². The Morgan fingerprint density at radius 3 is 2.48 bits per heavy atom. The van der Waals surface area contributed by atoms with Gasteiger partial charge < -0.3 is 10.1 Å². The minimum absolute atomic E-state index is 0.156. The molecule has 1 fully saturated rings. The van der Waals surface area contributed by atoms with Gasteiger partial charge in [0.1, 0.15) is 6.04 Å². The Balaban J connectivity index is 1.65. The second-order valence-corrected chi connectivity index (χ2v) is 9.31. The van der Waals surface area contributed by atoms with Gasteiger partial charge in [0.05, 0.1) is 18.1 Å². The zero-order chi connectivity index (χ0) is 20.9. The van der Waals surface area contributed by atoms with Crippen molar-refractivity contribution in [3.63, 3.8) is 0 Å². The normalized spacial score (nSPS) is 16.8. The smallest absolute Gasteiger partial charge is 0.241 e. The standard InChI is InChI=1S/C21H29N3O4S/c1-16(2)20(21(25)22-9-10-24-11-13-28-14-12-24)23-29(26,27)19-8-7-17-5-3-4-6-18(17)15-19/h3-8,15-16,20,23H,9-14H2,1-2H3,(H,22,25). The minimum atomic E-state index is -3.82. The number of ether oxygens (including phenoxy) is 1. The summed E-state index contributed by atoms with van der Waals surface area (Å²) in [5, 5.41) is 4.67. The molecule has 2 aromatic carbocycles. The molecule has 8 heteroatoms. The quantitative estimate of drug-likeness (QED) is 0.679. The molecule has 1 saturated heterocycles. The molecule has 3 rings (SSSR count). The van der Waals surface area contributed by atoms with Crippen LogP contribution in [0.15, 0.2) is 47.4 Å². The Morgan fingerprint density at radius 1 is 1.10 bits per heavy atom. The number of hydrogen-bond donors (Lipinski definition) is 2. The average molecular weight is 420 g/mol. The highest BCUT2D eigenvalue weighted by Crippen LogP contribution is 2.19. The van der Waals surface area contributed by atoms with Crippen molar-refractivity contribution in [3.05, 3.63) is 42.5 Å². The molecule has 0 saturated carbocycles. The third-order valence-electron chi connectivity index (χ3n) is 5.09. The monoisotopic (exact) mass is 419 g/mol. The van der Waals surface area contributed by atoms with Gasteiger partial charge >= 0.3 is 0 Å². The molecule has 0 bridgehead atoms. The zero-order valence-electron chi connectivity index (χ0n) is 16.9. The molecule has 0 spiro atoms. The number of nitrogens with zero attached hydrogens (tertiary/aromatic N) is 1. The largest absolute Gasteiger partial charge is 0.379 e. The highest BCUT2D eigenvalue weighted by atomic mass is 32.2. The second kappa shape index (κ2) is 9.67. The summed E-state index contributed by atoms with van der Waals surface area (Å²) >= 11 is 0. The maximum Gasteiger partial charge on any atom is 0.241 e. The highest BCUT2D eigenvalue weighted by molar-refractivity contribution is 7.89. The molecule has 2 aromatic rings. The van der Waals surface area contributed by atoms with Crippen LogP contribution in [0.3, 0.4) is 0 Å². The van der Waals surface area contributed by atoms with E-state index in [4.69, 9.17) is 4.74 Å². The number of hydrogen-bond acceptors (Lipinski definition) is 5. The first-order valence-corrected chi connectivity index (χ1v) is 11.4. The summed E-state index contributed by atoms with van der Waals surface area (Å²) in [4.78, 5) is 15.0. The van der Waals surface area contributed by atoms with Gasteiger partial charge in [0, 0.05) is 26.2 Å². The molecule has 1 unspecified atom stereocenters. The molecule has 1 atom stereocenters.